The van der Waals surface area contributed by atoms with E-state index in [0.717, 1.165) is 6.07 Å². The second kappa shape index (κ2) is 10.7. The molecule has 0 unspecified atom stereocenters. The van der Waals surface area contributed by atoms with Gasteiger partial charge in [0, 0.05) is 57.6 Å². The van der Waals surface area contributed by atoms with Gasteiger partial charge in [-0.2, -0.15) is 4.98 Å². The number of hydrogen-bond acceptors (Lipinski definition) is 5. The molecule has 1 aromatic carbocycles. The first-order valence-electron chi connectivity index (χ1n) is 10.3. The highest BCUT2D eigenvalue weighted by atomic mass is 35.5. The third kappa shape index (κ3) is 6.61. The van der Waals surface area contributed by atoms with E-state index < -0.39 is 11.5 Å². The summed E-state index contributed by atoms with van der Waals surface area (Å²) in [7, 11) is 0. The van der Waals surface area contributed by atoms with Gasteiger partial charge in [-0.25, -0.2) is 8.78 Å². The lowest BCUT2D eigenvalue weighted by Crippen LogP contribution is -2.49. The van der Waals surface area contributed by atoms with E-state index in [2.05, 4.69) is 15.6 Å². The second-order valence-electron chi connectivity index (χ2n) is 7.64. The number of amides is 2. The van der Waals surface area contributed by atoms with Crippen molar-refractivity contribution in [3.63, 3.8) is 0 Å². The van der Waals surface area contributed by atoms with Crippen LogP contribution in [0.3, 0.4) is 0 Å². The summed E-state index contributed by atoms with van der Waals surface area (Å²) in [5, 5.41) is 5.50. The van der Waals surface area contributed by atoms with Crippen molar-refractivity contribution in [2.75, 3.05) is 38.1 Å². The first kappa shape index (κ1) is 23.9. The molecule has 32 heavy (non-hydrogen) atoms. The Balaban J connectivity index is 1.39. The third-order valence-electron chi connectivity index (χ3n) is 5.11. The number of alkyl halides is 1. The van der Waals surface area contributed by atoms with Crippen molar-refractivity contribution in [1.29, 1.82) is 0 Å². The molecule has 7 nitrogen and oxygen atoms in total. The summed E-state index contributed by atoms with van der Waals surface area (Å²) in [6.45, 7) is 2.76. The molecule has 2 heterocycles. The number of benzene rings is 1. The molecule has 1 aliphatic rings. The Hall–Kier alpha value is -2.78. The maximum atomic E-state index is 15.1. The zero-order valence-electron chi connectivity index (χ0n) is 17.7. The Kier molecular flexibility index (Phi) is 7.98. The van der Waals surface area contributed by atoms with Crippen molar-refractivity contribution in [3.05, 3.63) is 52.8 Å². The third-order valence-corrected chi connectivity index (χ3v) is 5.40. The van der Waals surface area contributed by atoms with Crippen LogP contribution in [-0.2, 0) is 4.79 Å². The molecule has 1 saturated heterocycles. The summed E-state index contributed by atoms with van der Waals surface area (Å²) >= 11 is 5.75. The molecule has 0 radical (unpaired) electrons. The minimum Gasteiger partial charge on any atom is -0.476 e. The van der Waals surface area contributed by atoms with Gasteiger partial charge in [0.2, 0.25) is 11.8 Å². The zero-order valence-corrected chi connectivity index (χ0v) is 18.4. The van der Waals surface area contributed by atoms with Crippen LogP contribution in [0, 0.1) is 5.82 Å². The number of carbonyl (C=O) groups excluding carboxylic acids is 2. The fourth-order valence-electron chi connectivity index (χ4n) is 3.38. The van der Waals surface area contributed by atoms with Gasteiger partial charge in [0.1, 0.15) is 23.9 Å². The van der Waals surface area contributed by atoms with E-state index in [1.807, 2.05) is 0 Å². The van der Waals surface area contributed by atoms with Gasteiger partial charge in [0.05, 0.1) is 5.02 Å². The number of ether oxygens (including phenoxy) is 1. The van der Waals surface area contributed by atoms with E-state index in [1.165, 1.54) is 19.1 Å². The number of halogens is 3. The van der Waals surface area contributed by atoms with Crippen LogP contribution in [0.2, 0.25) is 5.02 Å². The van der Waals surface area contributed by atoms with Gasteiger partial charge in [-0.3, -0.25) is 9.59 Å². The predicted molar refractivity (Wildman–Crippen MR) is 117 cm³/mol. The number of rotatable bonds is 8. The average Bonchev–Trinajstić information content (AvgIpc) is 2.75. The van der Waals surface area contributed by atoms with Gasteiger partial charge in [0.15, 0.2) is 0 Å². The number of aromatic nitrogens is 1. The molecule has 0 saturated carbocycles. The molecular weight excluding hydrogens is 442 g/mol. The fourth-order valence-corrected chi connectivity index (χ4v) is 3.56. The molecule has 1 aromatic heterocycles. The smallest absolute Gasteiger partial charge is 0.253 e. The van der Waals surface area contributed by atoms with Crippen LogP contribution in [0.4, 0.5) is 14.6 Å². The molecule has 2 N–H and O–H groups in total. The summed E-state index contributed by atoms with van der Waals surface area (Å²) in [5.74, 6) is -0.338. The zero-order chi connectivity index (χ0) is 23.1. The molecule has 10 heteroatoms. The van der Waals surface area contributed by atoms with Crippen molar-refractivity contribution in [2.24, 2.45) is 0 Å². The Morgan fingerprint density at radius 1 is 1.25 bits per heavy atom. The molecular formula is C22H25ClF2N4O3. The molecule has 1 fully saturated rings. The highest BCUT2D eigenvalue weighted by molar-refractivity contribution is 6.31. The number of nitrogens with one attached hydrogen (secondary N) is 2. The molecule has 172 valence electrons. The van der Waals surface area contributed by atoms with Crippen LogP contribution in [0.1, 0.15) is 30.1 Å². The summed E-state index contributed by atoms with van der Waals surface area (Å²) in [4.78, 5) is 29.3. The van der Waals surface area contributed by atoms with E-state index in [1.54, 1.807) is 23.1 Å². The first-order valence-corrected chi connectivity index (χ1v) is 10.6. The highest BCUT2D eigenvalue weighted by Gasteiger charge is 2.35. The monoisotopic (exact) mass is 466 g/mol. The van der Waals surface area contributed by atoms with Gasteiger partial charge < -0.3 is 20.3 Å². The largest absolute Gasteiger partial charge is 0.476 e. The van der Waals surface area contributed by atoms with E-state index in [4.69, 9.17) is 16.3 Å². The normalized spacial score (nSPS) is 15.3. The quantitative estimate of drug-likeness (QED) is 0.582. The summed E-state index contributed by atoms with van der Waals surface area (Å²) < 4.78 is 33.9. The van der Waals surface area contributed by atoms with Crippen molar-refractivity contribution >= 4 is 29.2 Å². The highest BCUT2D eigenvalue weighted by Crippen LogP contribution is 2.27. The summed E-state index contributed by atoms with van der Waals surface area (Å²) in [6, 6.07) is 8.86. The standard InChI is InChI=1S/C22H25ClF2N4O3/c1-15(30)27-19-3-2-4-20(28-19)32-12-9-26-14-22(25)7-10-29(11-8-22)21(31)16-5-6-18(24)17(23)13-16/h2-6,13,26H,7-12,14H2,1H3,(H,27,28,30). The SMILES string of the molecule is CC(=O)Nc1cccc(OCCNCC2(F)CCN(C(=O)c3ccc(F)c(Cl)c3)CC2)n1. The number of anilines is 1. The number of hydrogen-bond donors (Lipinski definition) is 2. The Morgan fingerprint density at radius 2 is 2.00 bits per heavy atom. The molecule has 3 rings (SSSR count). The number of likely N-dealkylation sites (tertiary alicyclic amines) is 1. The molecule has 1 aliphatic heterocycles. The summed E-state index contributed by atoms with van der Waals surface area (Å²) in [5.41, 5.74) is -1.14. The molecule has 0 aliphatic carbocycles. The van der Waals surface area contributed by atoms with Crippen molar-refractivity contribution < 1.29 is 23.1 Å². The average molecular weight is 467 g/mol. The van der Waals surface area contributed by atoms with Crippen LogP contribution < -0.4 is 15.4 Å². The maximum absolute atomic E-state index is 15.1. The molecule has 0 spiro atoms. The number of carbonyl (C=O) groups is 2. The minimum atomic E-state index is -1.43. The fraction of sp³-hybridized carbons (Fsp3) is 0.409. The molecule has 0 bridgehead atoms. The van der Waals surface area contributed by atoms with Crippen molar-refractivity contribution in [2.45, 2.75) is 25.4 Å². The van der Waals surface area contributed by atoms with Crippen molar-refractivity contribution in [3.8, 4) is 5.88 Å². The van der Waals surface area contributed by atoms with Gasteiger partial charge in [-0.05, 0) is 24.3 Å². The van der Waals surface area contributed by atoms with Crippen LogP contribution in [-0.4, -0.2) is 60.2 Å². The van der Waals surface area contributed by atoms with Gasteiger partial charge in [0.25, 0.3) is 5.91 Å². The van der Waals surface area contributed by atoms with E-state index in [9.17, 15) is 14.0 Å². The Bertz CT molecular complexity index is 968. The maximum Gasteiger partial charge on any atom is 0.253 e. The van der Waals surface area contributed by atoms with Gasteiger partial charge >= 0.3 is 0 Å². The lowest BCUT2D eigenvalue weighted by molar-refractivity contribution is -0.114. The minimum absolute atomic E-state index is 0.115. The predicted octanol–water partition coefficient (Wildman–Crippen LogP) is 3.45. The van der Waals surface area contributed by atoms with Gasteiger partial charge in [-0.15, -0.1) is 0 Å². The molecule has 0 atom stereocenters. The van der Waals surface area contributed by atoms with Gasteiger partial charge in [-0.1, -0.05) is 17.7 Å². The van der Waals surface area contributed by atoms with E-state index >= 15 is 4.39 Å². The van der Waals surface area contributed by atoms with Crippen LogP contribution >= 0.6 is 11.6 Å². The lowest BCUT2D eigenvalue weighted by atomic mass is 9.93. The van der Waals surface area contributed by atoms with E-state index in [-0.39, 0.29) is 61.5 Å². The molecule has 2 aromatic rings. The number of piperidine rings is 1. The number of pyridine rings is 1. The topological polar surface area (TPSA) is 83.6 Å². The van der Waals surface area contributed by atoms with E-state index in [0.29, 0.717) is 18.2 Å². The van der Waals surface area contributed by atoms with Crippen molar-refractivity contribution in [1.82, 2.24) is 15.2 Å². The Morgan fingerprint density at radius 3 is 2.69 bits per heavy atom. The molecule has 2 amide bonds. The second-order valence-corrected chi connectivity index (χ2v) is 8.05. The summed E-state index contributed by atoms with van der Waals surface area (Å²) in [6.07, 6.45) is 0.393. The Labute approximate surface area is 190 Å². The van der Waals surface area contributed by atoms with Crippen LogP contribution in [0.25, 0.3) is 0 Å². The lowest BCUT2D eigenvalue weighted by Gasteiger charge is -2.36. The van der Waals surface area contributed by atoms with Crippen LogP contribution in [0.15, 0.2) is 36.4 Å². The first-order chi connectivity index (χ1) is 15.3. The number of nitrogens with zero attached hydrogens (tertiary/aromatic N) is 2. The van der Waals surface area contributed by atoms with Crippen LogP contribution in [0.5, 0.6) is 5.88 Å².